The number of nitrogens with zero attached hydrogens (tertiary/aromatic N) is 2. The van der Waals surface area contributed by atoms with Crippen LogP contribution in [0.25, 0.3) is 17.0 Å². The van der Waals surface area contributed by atoms with Gasteiger partial charge in [-0.1, -0.05) is 51.1 Å². The number of carboxylic acid groups (broad SMARTS) is 1. The Bertz CT molecular complexity index is 1410. The molecule has 1 aliphatic rings. The number of fused-ring (bicyclic) bond motifs is 1. The maximum absolute atomic E-state index is 13.6. The van der Waals surface area contributed by atoms with Crippen LogP contribution in [0, 0.1) is 11.8 Å². The molecule has 0 radical (unpaired) electrons. The van der Waals surface area contributed by atoms with Gasteiger partial charge in [0.2, 0.25) is 11.8 Å². The van der Waals surface area contributed by atoms with Gasteiger partial charge in [-0.3, -0.25) is 34.0 Å². The summed E-state index contributed by atoms with van der Waals surface area (Å²) in [6.07, 6.45) is 4.25. The third-order valence-corrected chi connectivity index (χ3v) is 7.52. The molecule has 0 bridgehead atoms. The fourth-order valence-electron chi connectivity index (χ4n) is 4.99. The van der Waals surface area contributed by atoms with E-state index in [-0.39, 0.29) is 5.92 Å². The van der Waals surface area contributed by atoms with Crippen molar-refractivity contribution in [2.75, 3.05) is 6.54 Å². The van der Waals surface area contributed by atoms with Crippen LogP contribution in [0.5, 0.6) is 0 Å². The van der Waals surface area contributed by atoms with Crippen molar-refractivity contribution in [3.05, 3.63) is 47.7 Å². The van der Waals surface area contributed by atoms with E-state index in [1.54, 1.807) is 32.9 Å². The van der Waals surface area contributed by atoms with Crippen molar-refractivity contribution in [2.45, 2.75) is 85.0 Å². The number of carbonyl (C=O) groups is 5. The van der Waals surface area contributed by atoms with Crippen LogP contribution in [0.15, 0.2) is 36.4 Å². The highest BCUT2D eigenvalue weighted by Crippen LogP contribution is 2.19. The van der Waals surface area contributed by atoms with Gasteiger partial charge >= 0.3 is 11.9 Å². The van der Waals surface area contributed by atoms with E-state index >= 15 is 0 Å². The van der Waals surface area contributed by atoms with Gasteiger partial charge in [-0.2, -0.15) is 0 Å². The molecule has 4 N–H and O–H groups in total. The largest absolute Gasteiger partial charge is 0.480 e. The van der Waals surface area contributed by atoms with Crippen molar-refractivity contribution in [1.29, 1.82) is 0 Å². The first-order chi connectivity index (χ1) is 20.8. The summed E-state index contributed by atoms with van der Waals surface area (Å²) in [5.74, 6) is -4.47. The average Bonchev–Trinajstić information content (AvgIpc) is 2.98. The summed E-state index contributed by atoms with van der Waals surface area (Å²) in [6.45, 7) is 10.2. The van der Waals surface area contributed by atoms with Crippen LogP contribution in [0.2, 0.25) is 0 Å². The minimum atomic E-state index is -1.06. The number of rotatable bonds is 12. The predicted octanol–water partition coefficient (Wildman–Crippen LogP) is 2.60. The molecule has 238 valence electrons. The highest BCUT2D eigenvalue weighted by Gasteiger charge is 2.34. The summed E-state index contributed by atoms with van der Waals surface area (Å²) < 4.78 is 5.35. The third-order valence-electron chi connectivity index (χ3n) is 7.52. The first-order valence-corrected chi connectivity index (χ1v) is 15.0. The topological polar surface area (TPSA) is 167 Å². The molecule has 2 unspecified atom stereocenters. The number of carbonyl (C=O) groups excluding carboxylic acids is 4. The van der Waals surface area contributed by atoms with Crippen LogP contribution in [-0.2, 0) is 35.1 Å². The third kappa shape index (κ3) is 9.09. The molecule has 5 atom stereocenters. The molecular formula is C32H43N5O7. The number of nitrogens with one attached hydrogen (secondary N) is 3. The molecule has 1 aromatic carbocycles. The molecule has 3 amide bonds. The summed E-state index contributed by atoms with van der Waals surface area (Å²) in [5.41, 5.74) is 5.27. The Hall–Kier alpha value is -4.32. The number of ether oxygens (including phenoxy) is 1. The number of hydrazine groups is 1. The van der Waals surface area contributed by atoms with E-state index in [9.17, 15) is 29.1 Å². The van der Waals surface area contributed by atoms with Crippen LogP contribution in [0.3, 0.4) is 0 Å². The van der Waals surface area contributed by atoms with Crippen molar-refractivity contribution < 1.29 is 33.8 Å². The molecule has 2 aromatic rings. The van der Waals surface area contributed by atoms with Crippen molar-refractivity contribution >= 4 is 46.6 Å². The number of benzene rings is 1. The summed E-state index contributed by atoms with van der Waals surface area (Å²) in [5, 5.41) is 16.9. The molecule has 44 heavy (non-hydrogen) atoms. The zero-order chi connectivity index (χ0) is 32.6. The standard InChI is InChI=1S/C32H43N5O7/c1-7-24-14-13-23-12-10-22(17-27(23)34-24)11-15-25(20(5)44-21(6)38)29(39)35-28(18(2)3)30(40)33-19(4)31(41)37-16-8-9-26(36-37)32(42)43/h10-15,17-20,25-26,28,36H,7-9,16H2,1-6H3,(H,33,40)(H,35,39)(H,42,43)/b15-11+/t19-,20?,25?,26-,28-/m0/s1. The lowest BCUT2D eigenvalue weighted by Gasteiger charge is -2.34. The fourth-order valence-corrected chi connectivity index (χ4v) is 4.99. The highest BCUT2D eigenvalue weighted by atomic mass is 16.5. The van der Waals surface area contributed by atoms with Gasteiger partial charge < -0.3 is 20.5 Å². The van der Waals surface area contributed by atoms with Gasteiger partial charge in [0, 0.05) is 24.5 Å². The lowest BCUT2D eigenvalue weighted by Crippen LogP contribution is -2.61. The van der Waals surface area contributed by atoms with Crippen molar-refractivity contribution in [3.8, 4) is 0 Å². The van der Waals surface area contributed by atoms with Gasteiger partial charge in [0.25, 0.3) is 5.91 Å². The summed E-state index contributed by atoms with van der Waals surface area (Å²) in [4.78, 5) is 67.6. The molecule has 1 aromatic heterocycles. The van der Waals surface area contributed by atoms with Crippen LogP contribution >= 0.6 is 0 Å². The molecular weight excluding hydrogens is 566 g/mol. The minimum absolute atomic E-state index is 0.308. The summed E-state index contributed by atoms with van der Waals surface area (Å²) in [6, 6.07) is 6.87. The van der Waals surface area contributed by atoms with Crippen molar-refractivity contribution in [2.24, 2.45) is 11.8 Å². The molecule has 1 fully saturated rings. The van der Waals surface area contributed by atoms with E-state index in [4.69, 9.17) is 4.74 Å². The Kier molecular flexibility index (Phi) is 12.0. The van der Waals surface area contributed by atoms with Gasteiger partial charge in [0.1, 0.15) is 24.2 Å². The number of pyridine rings is 1. The Balaban J connectivity index is 1.76. The van der Waals surface area contributed by atoms with E-state index in [1.807, 2.05) is 37.3 Å². The van der Waals surface area contributed by atoms with Crippen LogP contribution in [0.4, 0.5) is 0 Å². The van der Waals surface area contributed by atoms with Gasteiger partial charge in [0.15, 0.2) is 0 Å². The Morgan fingerprint density at radius 3 is 2.43 bits per heavy atom. The number of hydrogen-bond donors (Lipinski definition) is 4. The predicted molar refractivity (Wildman–Crippen MR) is 165 cm³/mol. The average molecular weight is 610 g/mol. The Morgan fingerprint density at radius 1 is 1.09 bits per heavy atom. The molecule has 1 aliphatic heterocycles. The summed E-state index contributed by atoms with van der Waals surface area (Å²) >= 11 is 0. The molecule has 1 saturated heterocycles. The Labute approximate surface area is 257 Å². The smallest absolute Gasteiger partial charge is 0.322 e. The zero-order valence-corrected chi connectivity index (χ0v) is 26.1. The van der Waals surface area contributed by atoms with Crippen molar-refractivity contribution in [3.63, 3.8) is 0 Å². The van der Waals surface area contributed by atoms with Gasteiger partial charge in [-0.15, -0.1) is 0 Å². The zero-order valence-electron chi connectivity index (χ0n) is 26.1. The second-order valence-corrected chi connectivity index (χ2v) is 11.4. The molecule has 0 saturated carbocycles. The first kappa shape index (κ1) is 34.2. The molecule has 0 aliphatic carbocycles. The number of aryl methyl sites for hydroxylation is 1. The normalized spacial score (nSPS) is 18.0. The van der Waals surface area contributed by atoms with Gasteiger partial charge in [0.05, 0.1) is 11.4 Å². The minimum Gasteiger partial charge on any atom is -0.480 e. The molecule has 0 spiro atoms. The van der Waals surface area contributed by atoms with Gasteiger partial charge in [-0.05, 0) is 56.7 Å². The second kappa shape index (κ2) is 15.4. The summed E-state index contributed by atoms with van der Waals surface area (Å²) in [7, 11) is 0. The Morgan fingerprint density at radius 2 is 1.80 bits per heavy atom. The van der Waals surface area contributed by atoms with E-state index in [2.05, 4.69) is 21.0 Å². The highest BCUT2D eigenvalue weighted by molar-refractivity contribution is 5.93. The molecule has 3 rings (SSSR count). The molecule has 12 nitrogen and oxygen atoms in total. The number of aliphatic carboxylic acids is 1. The van der Waals surface area contributed by atoms with Crippen LogP contribution < -0.4 is 16.1 Å². The monoisotopic (exact) mass is 609 g/mol. The van der Waals surface area contributed by atoms with Crippen LogP contribution in [-0.4, -0.2) is 75.5 Å². The van der Waals surface area contributed by atoms with E-state index in [0.29, 0.717) is 19.4 Å². The van der Waals surface area contributed by atoms with Crippen molar-refractivity contribution in [1.82, 2.24) is 26.1 Å². The fraction of sp³-hybridized carbons (Fsp3) is 0.500. The van der Waals surface area contributed by atoms with Crippen LogP contribution in [0.1, 0.15) is 65.6 Å². The SMILES string of the molecule is CCc1ccc2ccc(/C=C/C(C(=O)N[C@H](C(=O)N[C@@H](C)C(=O)N3CCC[C@@H](C(=O)O)N3)C(C)C)C(C)OC(C)=O)cc2n1. The second-order valence-electron chi connectivity index (χ2n) is 11.4. The van der Waals surface area contributed by atoms with E-state index < -0.39 is 59.8 Å². The molecule has 2 heterocycles. The quantitative estimate of drug-likeness (QED) is 0.265. The maximum Gasteiger partial charge on any atom is 0.322 e. The van der Waals surface area contributed by atoms with E-state index in [0.717, 1.165) is 28.6 Å². The first-order valence-electron chi connectivity index (χ1n) is 15.0. The number of carboxylic acids is 1. The van der Waals surface area contributed by atoms with Gasteiger partial charge in [-0.25, -0.2) is 5.43 Å². The maximum atomic E-state index is 13.6. The van der Waals surface area contributed by atoms with E-state index in [1.165, 1.54) is 18.9 Å². The lowest BCUT2D eigenvalue weighted by molar-refractivity contribution is -0.150. The number of amides is 3. The number of hydrogen-bond acceptors (Lipinski definition) is 8. The number of esters is 1. The lowest BCUT2D eigenvalue weighted by atomic mass is 9.97. The molecule has 12 heteroatoms. The number of aromatic nitrogens is 1.